The Labute approximate surface area is 218 Å². The molecule has 9 heteroatoms. The molecule has 1 aliphatic heterocycles. The molecule has 0 unspecified atom stereocenters. The summed E-state index contributed by atoms with van der Waals surface area (Å²) in [6.45, 7) is 4.25. The fraction of sp³-hybridized carbons (Fsp3) is 0.519. The minimum Gasteiger partial charge on any atom is -0.493 e. The average molecular weight is 524 g/mol. The van der Waals surface area contributed by atoms with Crippen LogP contribution in [0.15, 0.2) is 36.4 Å². The maximum Gasteiger partial charge on any atom is 0.319 e. The number of hydrogen-bond acceptors (Lipinski definition) is 4. The fourth-order valence-corrected chi connectivity index (χ4v) is 5.81. The summed E-state index contributed by atoms with van der Waals surface area (Å²) in [4.78, 5) is 15.2. The Kier molecular flexibility index (Phi) is 9.41. The number of urea groups is 1. The number of hydrogen-bond donors (Lipinski definition) is 2. The Bertz CT molecular complexity index is 1060. The molecule has 4 rings (SSSR count). The largest absolute Gasteiger partial charge is 0.493 e. The van der Waals surface area contributed by atoms with Gasteiger partial charge in [-0.2, -0.15) is 0 Å². The fourth-order valence-electron chi connectivity index (χ4n) is 5.81. The number of nitrogens with one attached hydrogen (secondary N) is 2. The molecular weight excluding hydrogens is 488 g/mol. The summed E-state index contributed by atoms with van der Waals surface area (Å²) in [5, 5.41) is 5.69. The van der Waals surface area contributed by atoms with E-state index >= 15 is 0 Å². The van der Waals surface area contributed by atoms with Crippen LogP contribution in [0.1, 0.15) is 51.0 Å². The molecule has 0 spiro atoms. The second-order valence-electron chi connectivity index (χ2n) is 9.58. The van der Waals surface area contributed by atoms with Crippen LogP contribution in [0.2, 0.25) is 0 Å². The molecular formula is C27H36ClF2N3O3. The molecule has 1 saturated carbocycles. The highest BCUT2D eigenvalue weighted by atomic mass is 35.5. The molecule has 1 aliphatic carbocycles. The monoisotopic (exact) mass is 523 g/mol. The van der Waals surface area contributed by atoms with E-state index in [9.17, 15) is 13.6 Å². The SMILES string of the molecule is CCCCN1CC[C@]2(c3ccc(OC)c(OC)c3)CC[C@@H](NC(=O)Nc3ccc(F)c(F)c3)C[C@H]12.Cl. The predicted octanol–water partition coefficient (Wildman–Crippen LogP) is 5.89. The Hall–Kier alpha value is -2.58. The van der Waals surface area contributed by atoms with E-state index in [4.69, 9.17) is 9.47 Å². The van der Waals surface area contributed by atoms with Crippen LogP contribution in [-0.4, -0.2) is 50.3 Å². The third-order valence-corrected chi connectivity index (χ3v) is 7.64. The van der Waals surface area contributed by atoms with Crippen LogP contribution in [0.25, 0.3) is 0 Å². The van der Waals surface area contributed by atoms with Crippen LogP contribution < -0.4 is 20.1 Å². The topological polar surface area (TPSA) is 62.8 Å². The van der Waals surface area contributed by atoms with Gasteiger partial charge in [-0.1, -0.05) is 19.4 Å². The Morgan fingerprint density at radius 1 is 1.08 bits per heavy atom. The number of methoxy groups -OCH3 is 2. The van der Waals surface area contributed by atoms with E-state index in [1.165, 1.54) is 11.6 Å². The number of benzene rings is 2. The Morgan fingerprint density at radius 2 is 1.86 bits per heavy atom. The van der Waals surface area contributed by atoms with Crippen molar-refractivity contribution < 1.29 is 23.0 Å². The number of carbonyl (C=O) groups excluding carboxylic acids is 1. The van der Waals surface area contributed by atoms with E-state index in [1.807, 2.05) is 6.07 Å². The maximum atomic E-state index is 13.5. The lowest BCUT2D eigenvalue weighted by Crippen LogP contribution is -2.53. The summed E-state index contributed by atoms with van der Waals surface area (Å²) in [6.07, 6.45) is 5.91. The zero-order valence-electron chi connectivity index (χ0n) is 21.1. The minimum absolute atomic E-state index is 0. The van der Waals surface area contributed by atoms with Crippen LogP contribution in [-0.2, 0) is 5.41 Å². The van der Waals surface area contributed by atoms with Crippen molar-refractivity contribution in [3.8, 4) is 11.5 Å². The van der Waals surface area contributed by atoms with Gasteiger partial charge in [0.05, 0.1) is 14.2 Å². The number of likely N-dealkylation sites (tertiary alicyclic amines) is 1. The molecule has 36 heavy (non-hydrogen) atoms. The number of anilines is 1. The second-order valence-corrected chi connectivity index (χ2v) is 9.58. The van der Waals surface area contributed by atoms with Crippen molar-refractivity contribution in [3.63, 3.8) is 0 Å². The molecule has 1 heterocycles. The van der Waals surface area contributed by atoms with Gasteiger partial charge in [-0.3, -0.25) is 4.90 Å². The first-order valence-electron chi connectivity index (χ1n) is 12.4. The third kappa shape index (κ3) is 5.70. The van der Waals surface area contributed by atoms with E-state index in [0.29, 0.717) is 5.75 Å². The maximum absolute atomic E-state index is 13.5. The van der Waals surface area contributed by atoms with Crippen LogP contribution >= 0.6 is 12.4 Å². The van der Waals surface area contributed by atoms with Gasteiger partial charge in [-0.25, -0.2) is 13.6 Å². The number of nitrogens with zero attached hydrogens (tertiary/aromatic N) is 1. The number of carbonyl (C=O) groups is 1. The van der Waals surface area contributed by atoms with Gasteiger partial charge >= 0.3 is 6.03 Å². The number of ether oxygens (including phenoxy) is 2. The van der Waals surface area contributed by atoms with Gasteiger partial charge in [0.25, 0.3) is 0 Å². The molecule has 0 aromatic heterocycles. The van der Waals surface area contributed by atoms with Crippen LogP contribution in [0, 0.1) is 11.6 Å². The molecule has 2 N–H and O–H groups in total. The highest BCUT2D eigenvalue weighted by Gasteiger charge is 2.51. The number of amides is 2. The molecule has 0 radical (unpaired) electrons. The number of fused-ring (bicyclic) bond motifs is 1. The van der Waals surface area contributed by atoms with Gasteiger partial charge in [0.2, 0.25) is 0 Å². The zero-order valence-corrected chi connectivity index (χ0v) is 21.9. The molecule has 3 atom stereocenters. The second kappa shape index (κ2) is 12.1. The molecule has 0 bridgehead atoms. The molecule has 2 aromatic carbocycles. The van der Waals surface area contributed by atoms with E-state index in [1.54, 1.807) is 14.2 Å². The van der Waals surface area contributed by atoms with Gasteiger partial charge in [0.15, 0.2) is 23.1 Å². The molecule has 6 nitrogen and oxygen atoms in total. The smallest absolute Gasteiger partial charge is 0.319 e. The van der Waals surface area contributed by atoms with Crippen LogP contribution in [0.5, 0.6) is 11.5 Å². The van der Waals surface area contributed by atoms with Crippen molar-refractivity contribution in [1.82, 2.24) is 10.2 Å². The summed E-state index contributed by atoms with van der Waals surface area (Å²) in [7, 11) is 3.30. The van der Waals surface area contributed by atoms with Crippen molar-refractivity contribution in [3.05, 3.63) is 53.6 Å². The lowest BCUT2D eigenvalue weighted by molar-refractivity contribution is 0.135. The molecule has 2 aromatic rings. The first-order valence-corrected chi connectivity index (χ1v) is 12.4. The van der Waals surface area contributed by atoms with E-state index in [2.05, 4.69) is 34.6 Å². The summed E-state index contributed by atoms with van der Waals surface area (Å²) in [5.41, 5.74) is 1.47. The number of unbranched alkanes of at least 4 members (excludes halogenated alkanes) is 1. The Balaban J connectivity index is 0.00000361. The van der Waals surface area contributed by atoms with Crippen molar-refractivity contribution in [1.29, 1.82) is 0 Å². The van der Waals surface area contributed by atoms with Crippen molar-refractivity contribution in [2.45, 2.75) is 62.9 Å². The summed E-state index contributed by atoms with van der Waals surface area (Å²) >= 11 is 0. The van der Waals surface area contributed by atoms with Gasteiger partial charge in [-0.05, 0) is 75.0 Å². The van der Waals surface area contributed by atoms with Crippen molar-refractivity contribution >= 4 is 24.1 Å². The van der Waals surface area contributed by atoms with Crippen molar-refractivity contribution in [2.24, 2.45) is 0 Å². The van der Waals surface area contributed by atoms with Crippen molar-refractivity contribution in [2.75, 3.05) is 32.6 Å². The zero-order chi connectivity index (χ0) is 25.0. The third-order valence-electron chi connectivity index (χ3n) is 7.64. The molecule has 1 saturated heterocycles. The van der Waals surface area contributed by atoms with Gasteiger partial charge < -0.3 is 20.1 Å². The van der Waals surface area contributed by atoms with Gasteiger partial charge in [0, 0.05) is 29.3 Å². The van der Waals surface area contributed by atoms with Gasteiger partial charge in [-0.15, -0.1) is 12.4 Å². The quantitative estimate of drug-likeness (QED) is 0.453. The average Bonchev–Trinajstić information content (AvgIpc) is 3.23. The lowest BCUT2D eigenvalue weighted by Gasteiger charge is -2.45. The van der Waals surface area contributed by atoms with Crippen LogP contribution in [0.4, 0.5) is 19.3 Å². The molecule has 2 amide bonds. The van der Waals surface area contributed by atoms with E-state index < -0.39 is 17.7 Å². The molecule has 2 aliphatic rings. The predicted molar refractivity (Wildman–Crippen MR) is 140 cm³/mol. The number of rotatable bonds is 8. The molecule has 198 valence electrons. The summed E-state index contributed by atoms with van der Waals surface area (Å²) in [6, 6.07) is 9.46. The summed E-state index contributed by atoms with van der Waals surface area (Å²) < 4.78 is 37.8. The highest BCUT2D eigenvalue weighted by molar-refractivity contribution is 5.89. The first-order chi connectivity index (χ1) is 16.9. The summed E-state index contributed by atoms with van der Waals surface area (Å²) in [5.74, 6) is -0.480. The van der Waals surface area contributed by atoms with E-state index in [0.717, 1.165) is 69.5 Å². The minimum atomic E-state index is -0.988. The molecule has 2 fully saturated rings. The normalized spacial score (nSPS) is 23.4. The number of halogens is 3. The van der Waals surface area contributed by atoms with Crippen LogP contribution in [0.3, 0.4) is 0 Å². The van der Waals surface area contributed by atoms with E-state index in [-0.39, 0.29) is 35.6 Å². The van der Waals surface area contributed by atoms with Gasteiger partial charge in [0.1, 0.15) is 0 Å². The first kappa shape index (κ1) is 28.0. The standard InChI is InChI=1S/C27H35F2N3O3.ClH/c1-4-5-13-32-14-12-27(18-6-9-23(34-2)24(15-18)35-3)11-10-20(17-25(27)32)31-26(33)30-19-7-8-21(28)22(29)16-19;/h6-9,15-16,20,25H,4-5,10-14,17H2,1-3H3,(H2,30,31,33);1H/t20-,25+,27+;/m1./s1. The lowest BCUT2D eigenvalue weighted by atomic mass is 9.65. The highest BCUT2D eigenvalue weighted by Crippen LogP contribution is 2.50. The Morgan fingerprint density at radius 3 is 2.56 bits per heavy atom.